The van der Waals surface area contributed by atoms with Gasteiger partial charge < -0.3 is 0 Å². The minimum atomic E-state index is 0.0697. The maximum atomic E-state index is 11.6. The van der Waals surface area contributed by atoms with Crippen molar-refractivity contribution in [3.63, 3.8) is 0 Å². The molecule has 3 nitrogen and oxygen atoms in total. The first kappa shape index (κ1) is 11.5. The Morgan fingerprint density at radius 3 is 2.65 bits per heavy atom. The lowest BCUT2D eigenvalue weighted by atomic mass is 9.79. The summed E-state index contributed by atoms with van der Waals surface area (Å²) < 4.78 is 0. The van der Waals surface area contributed by atoms with Gasteiger partial charge in [-0.3, -0.25) is 10.2 Å². The van der Waals surface area contributed by atoms with Crippen molar-refractivity contribution >= 4 is 5.91 Å². The van der Waals surface area contributed by atoms with E-state index in [1.165, 1.54) is 32.1 Å². The Bertz CT molecular complexity index is 315. The monoisotopic (exact) mass is 236 g/mol. The van der Waals surface area contributed by atoms with Crippen LogP contribution in [-0.2, 0) is 4.79 Å². The van der Waals surface area contributed by atoms with Crippen LogP contribution in [0.3, 0.4) is 0 Å². The molecule has 0 aromatic rings. The second-order valence-electron chi connectivity index (χ2n) is 6.55. The molecule has 2 N–H and O–H groups in total. The summed E-state index contributed by atoms with van der Waals surface area (Å²) in [5.41, 5.74) is 6.21. The predicted molar refractivity (Wildman–Crippen MR) is 66.9 cm³/mol. The van der Waals surface area contributed by atoms with Gasteiger partial charge in [-0.1, -0.05) is 20.3 Å². The van der Waals surface area contributed by atoms with E-state index in [1.54, 1.807) is 0 Å². The Morgan fingerprint density at radius 1 is 1.12 bits per heavy atom. The highest BCUT2D eigenvalue weighted by molar-refractivity contribution is 5.77. The molecule has 3 fully saturated rings. The van der Waals surface area contributed by atoms with E-state index in [0.717, 1.165) is 23.7 Å². The molecule has 3 rings (SSSR count). The van der Waals surface area contributed by atoms with Crippen molar-refractivity contribution in [3.05, 3.63) is 0 Å². The van der Waals surface area contributed by atoms with E-state index in [1.807, 2.05) is 13.8 Å². The molecule has 0 heterocycles. The van der Waals surface area contributed by atoms with Crippen LogP contribution in [0.5, 0.6) is 0 Å². The molecule has 17 heavy (non-hydrogen) atoms. The van der Waals surface area contributed by atoms with Crippen LogP contribution in [0.4, 0.5) is 0 Å². The van der Waals surface area contributed by atoms with Crippen molar-refractivity contribution in [1.82, 2.24) is 10.9 Å². The van der Waals surface area contributed by atoms with Crippen molar-refractivity contribution < 1.29 is 4.79 Å². The van der Waals surface area contributed by atoms with Crippen LogP contribution < -0.4 is 10.9 Å². The molecule has 0 aromatic heterocycles. The molecule has 0 aliphatic heterocycles. The molecule has 5 atom stereocenters. The summed E-state index contributed by atoms with van der Waals surface area (Å²) in [4.78, 5) is 11.6. The number of hydrogen-bond acceptors (Lipinski definition) is 2. The Morgan fingerprint density at radius 2 is 1.88 bits per heavy atom. The average molecular weight is 236 g/mol. The number of hydrogen-bond donors (Lipinski definition) is 2. The van der Waals surface area contributed by atoms with E-state index >= 15 is 0 Å². The molecule has 3 aliphatic carbocycles. The van der Waals surface area contributed by atoms with Crippen LogP contribution in [0.1, 0.15) is 46.0 Å². The van der Waals surface area contributed by atoms with Gasteiger partial charge in [0.05, 0.1) is 0 Å². The molecule has 0 saturated heterocycles. The molecule has 0 spiro atoms. The van der Waals surface area contributed by atoms with Gasteiger partial charge in [0, 0.05) is 12.0 Å². The number of hydrazine groups is 1. The molecule has 2 bridgehead atoms. The lowest BCUT2D eigenvalue weighted by molar-refractivity contribution is -0.125. The Hall–Kier alpha value is -0.570. The summed E-state index contributed by atoms with van der Waals surface area (Å²) in [6, 6.07) is 0.544. The van der Waals surface area contributed by atoms with E-state index in [9.17, 15) is 4.79 Å². The van der Waals surface area contributed by atoms with Gasteiger partial charge in [-0.05, 0) is 49.4 Å². The van der Waals surface area contributed by atoms with Crippen molar-refractivity contribution in [1.29, 1.82) is 0 Å². The molecule has 3 saturated carbocycles. The highest BCUT2D eigenvalue weighted by Crippen LogP contribution is 2.58. The van der Waals surface area contributed by atoms with Crippen molar-refractivity contribution in [2.24, 2.45) is 29.6 Å². The first-order valence-corrected chi connectivity index (χ1v) is 7.22. The highest BCUT2D eigenvalue weighted by atomic mass is 16.2. The van der Waals surface area contributed by atoms with Gasteiger partial charge in [-0.25, -0.2) is 5.43 Å². The molecule has 3 heteroatoms. The molecular weight excluding hydrogens is 212 g/mol. The highest BCUT2D eigenvalue weighted by Gasteiger charge is 2.53. The first-order valence-electron chi connectivity index (χ1n) is 7.22. The molecule has 96 valence electrons. The molecule has 0 radical (unpaired) electrons. The number of nitrogens with one attached hydrogen (secondary N) is 2. The molecule has 3 aliphatic rings. The lowest BCUT2D eigenvalue weighted by Crippen LogP contribution is -2.49. The fourth-order valence-electron chi connectivity index (χ4n) is 4.54. The maximum Gasteiger partial charge on any atom is 0.236 e. The smallest absolute Gasteiger partial charge is 0.236 e. The number of carbonyl (C=O) groups excluding carboxylic acids is 1. The standard InChI is InChI=1S/C14H24N2O/c1-8(2)14(17)16-15-13-7-9-6-12(13)11-5-3-4-10(9)11/h8-13,15H,3-7H2,1-2H3,(H,16,17). The van der Waals surface area contributed by atoms with E-state index in [0.29, 0.717) is 6.04 Å². The zero-order valence-corrected chi connectivity index (χ0v) is 10.9. The van der Waals surface area contributed by atoms with Crippen molar-refractivity contribution in [3.8, 4) is 0 Å². The van der Waals surface area contributed by atoms with E-state index in [4.69, 9.17) is 0 Å². The van der Waals surface area contributed by atoms with Gasteiger partial charge in [0.25, 0.3) is 0 Å². The summed E-state index contributed by atoms with van der Waals surface area (Å²) in [6.45, 7) is 3.87. The van der Waals surface area contributed by atoms with Crippen LogP contribution in [0.25, 0.3) is 0 Å². The molecule has 5 unspecified atom stereocenters. The largest absolute Gasteiger partial charge is 0.291 e. The SMILES string of the molecule is CC(C)C(=O)NNC1CC2CC1C1CCCC21. The molecular formula is C14H24N2O. The van der Waals surface area contributed by atoms with Crippen LogP contribution in [0, 0.1) is 29.6 Å². The Labute approximate surface area is 104 Å². The minimum absolute atomic E-state index is 0.0697. The first-order chi connectivity index (χ1) is 8.16. The quantitative estimate of drug-likeness (QED) is 0.737. The van der Waals surface area contributed by atoms with Crippen molar-refractivity contribution in [2.45, 2.75) is 52.0 Å². The van der Waals surface area contributed by atoms with Crippen LogP contribution in [-0.4, -0.2) is 11.9 Å². The van der Waals surface area contributed by atoms with Crippen LogP contribution in [0.15, 0.2) is 0 Å². The van der Waals surface area contributed by atoms with Gasteiger partial charge in [0.1, 0.15) is 0 Å². The Kier molecular flexibility index (Phi) is 2.89. The normalized spacial score (nSPS) is 43.1. The maximum absolute atomic E-state index is 11.6. The summed E-state index contributed by atoms with van der Waals surface area (Å²) in [6.07, 6.45) is 7.03. The summed E-state index contributed by atoms with van der Waals surface area (Å²) >= 11 is 0. The van der Waals surface area contributed by atoms with Gasteiger partial charge in [-0.15, -0.1) is 0 Å². The third-order valence-electron chi connectivity index (χ3n) is 5.33. The number of fused-ring (bicyclic) bond motifs is 5. The minimum Gasteiger partial charge on any atom is -0.291 e. The fourth-order valence-corrected chi connectivity index (χ4v) is 4.54. The van der Waals surface area contributed by atoms with Gasteiger partial charge in [0.2, 0.25) is 5.91 Å². The fraction of sp³-hybridized carbons (Fsp3) is 0.929. The third-order valence-corrected chi connectivity index (χ3v) is 5.33. The van der Waals surface area contributed by atoms with Crippen molar-refractivity contribution in [2.75, 3.05) is 0 Å². The topological polar surface area (TPSA) is 41.1 Å². The van der Waals surface area contributed by atoms with E-state index < -0.39 is 0 Å². The zero-order valence-electron chi connectivity index (χ0n) is 10.9. The van der Waals surface area contributed by atoms with Gasteiger partial charge >= 0.3 is 0 Å². The number of carbonyl (C=O) groups is 1. The molecule has 1 amide bonds. The van der Waals surface area contributed by atoms with Crippen LogP contribution >= 0.6 is 0 Å². The number of rotatable bonds is 3. The zero-order chi connectivity index (χ0) is 12.0. The van der Waals surface area contributed by atoms with Gasteiger partial charge in [0.15, 0.2) is 0 Å². The molecule has 0 aromatic carbocycles. The number of amides is 1. The van der Waals surface area contributed by atoms with E-state index in [-0.39, 0.29) is 11.8 Å². The van der Waals surface area contributed by atoms with Gasteiger partial charge in [-0.2, -0.15) is 0 Å². The third kappa shape index (κ3) is 1.88. The second-order valence-corrected chi connectivity index (χ2v) is 6.55. The summed E-state index contributed by atoms with van der Waals surface area (Å²) in [7, 11) is 0. The summed E-state index contributed by atoms with van der Waals surface area (Å²) in [5, 5.41) is 0. The van der Waals surface area contributed by atoms with E-state index in [2.05, 4.69) is 10.9 Å². The Balaban J connectivity index is 1.55. The van der Waals surface area contributed by atoms with Crippen LogP contribution in [0.2, 0.25) is 0 Å². The average Bonchev–Trinajstić information content (AvgIpc) is 2.96. The predicted octanol–water partition coefficient (Wildman–Crippen LogP) is 2.09. The summed E-state index contributed by atoms with van der Waals surface area (Å²) in [5.74, 6) is 3.96. The second kappa shape index (κ2) is 4.27. The lowest BCUT2D eigenvalue weighted by Gasteiger charge is -2.32.